The quantitative estimate of drug-likeness (QED) is 0.402. The van der Waals surface area contributed by atoms with Crippen molar-refractivity contribution in [3.05, 3.63) is 88.9 Å². The lowest BCUT2D eigenvalue weighted by Gasteiger charge is -2.44. The molecule has 2 amide bonds. The van der Waals surface area contributed by atoms with Gasteiger partial charge in [-0.15, -0.1) is 0 Å². The molecule has 1 saturated heterocycles. The summed E-state index contributed by atoms with van der Waals surface area (Å²) in [6, 6.07) is 13.1. The highest BCUT2D eigenvalue weighted by molar-refractivity contribution is 5.98. The predicted molar refractivity (Wildman–Crippen MR) is 156 cm³/mol. The molecule has 2 saturated carbocycles. The Bertz CT molecular complexity index is 1290. The number of carbonyl (C=O) groups excluding carboxylic acids is 2. The minimum atomic E-state index is -0.506. The minimum absolute atomic E-state index is 0.0292. The molecule has 6 heteroatoms. The van der Waals surface area contributed by atoms with Crippen LogP contribution in [-0.4, -0.2) is 35.3 Å². The molecule has 2 aromatic rings. The van der Waals surface area contributed by atoms with Crippen LogP contribution < -0.4 is 10.6 Å². The number of nitrogens with zero attached hydrogens (tertiary/aromatic N) is 1. The van der Waals surface area contributed by atoms with Crippen LogP contribution >= 0.6 is 0 Å². The van der Waals surface area contributed by atoms with Crippen LogP contribution in [-0.2, 0) is 4.79 Å². The summed E-state index contributed by atoms with van der Waals surface area (Å²) in [6.45, 7) is 2.29. The Hall–Kier alpha value is -3.41. The summed E-state index contributed by atoms with van der Waals surface area (Å²) in [4.78, 5) is 29.5. The van der Waals surface area contributed by atoms with Gasteiger partial charge in [0, 0.05) is 29.9 Å². The highest BCUT2D eigenvalue weighted by atomic mass is 19.1. The van der Waals surface area contributed by atoms with E-state index >= 15 is 0 Å². The highest BCUT2D eigenvalue weighted by Crippen LogP contribution is 2.40. The highest BCUT2D eigenvalue weighted by Gasteiger charge is 2.43. The van der Waals surface area contributed by atoms with Crippen molar-refractivity contribution in [3.63, 3.8) is 0 Å². The van der Waals surface area contributed by atoms with E-state index in [9.17, 15) is 14.0 Å². The van der Waals surface area contributed by atoms with Gasteiger partial charge in [-0.3, -0.25) is 9.59 Å². The van der Waals surface area contributed by atoms with Crippen molar-refractivity contribution < 1.29 is 14.0 Å². The molecule has 6 rings (SSSR count). The molecule has 3 aliphatic carbocycles. The molecule has 0 aromatic heterocycles. The number of hydrogen-bond donors (Lipinski definition) is 2. The van der Waals surface area contributed by atoms with Crippen molar-refractivity contribution in [2.45, 2.75) is 82.7 Å². The molecule has 0 spiro atoms. The first-order valence-corrected chi connectivity index (χ1v) is 15.1. The molecule has 0 bridgehead atoms. The molecule has 1 heterocycles. The lowest BCUT2D eigenvalue weighted by molar-refractivity contribution is -0.123. The van der Waals surface area contributed by atoms with Gasteiger partial charge in [-0.05, 0) is 93.2 Å². The van der Waals surface area contributed by atoms with Crippen LogP contribution in [0.15, 0.2) is 66.4 Å². The van der Waals surface area contributed by atoms with E-state index in [0.717, 1.165) is 17.8 Å². The van der Waals surface area contributed by atoms with Crippen LogP contribution in [0.5, 0.6) is 0 Å². The molecule has 210 valence electrons. The number of rotatable bonds is 7. The van der Waals surface area contributed by atoms with Crippen LogP contribution in [0, 0.1) is 24.6 Å². The lowest BCUT2D eigenvalue weighted by atomic mass is 9.77. The maximum atomic E-state index is 14.9. The first kappa shape index (κ1) is 26.8. The zero-order valence-corrected chi connectivity index (χ0v) is 23.4. The Morgan fingerprint density at radius 1 is 0.950 bits per heavy atom. The number of anilines is 1. The Morgan fingerprint density at radius 2 is 1.73 bits per heavy atom. The number of benzene rings is 2. The van der Waals surface area contributed by atoms with Crippen molar-refractivity contribution in [3.8, 4) is 0 Å². The second kappa shape index (κ2) is 11.6. The summed E-state index contributed by atoms with van der Waals surface area (Å²) in [5.41, 5.74) is 3.96. The van der Waals surface area contributed by atoms with Crippen LogP contribution in [0.25, 0.3) is 0 Å². The molecule has 0 radical (unpaired) electrons. The first-order chi connectivity index (χ1) is 19.5. The Kier molecular flexibility index (Phi) is 7.77. The summed E-state index contributed by atoms with van der Waals surface area (Å²) in [5, 5.41) is 6.81. The normalized spacial score (nSPS) is 25.0. The number of halogens is 1. The van der Waals surface area contributed by atoms with Gasteiger partial charge in [0.25, 0.3) is 5.91 Å². The summed E-state index contributed by atoms with van der Waals surface area (Å²) >= 11 is 0. The largest absolute Gasteiger partial charge is 0.383 e. The van der Waals surface area contributed by atoms with Gasteiger partial charge >= 0.3 is 0 Å². The van der Waals surface area contributed by atoms with E-state index in [-0.39, 0.29) is 35.3 Å². The fourth-order valence-corrected chi connectivity index (χ4v) is 6.91. The van der Waals surface area contributed by atoms with E-state index in [4.69, 9.17) is 0 Å². The van der Waals surface area contributed by atoms with Gasteiger partial charge in [0.2, 0.25) is 5.91 Å². The van der Waals surface area contributed by atoms with Gasteiger partial charge in [-0.25, -0.2) is 4.39 Å². The van der Waals surface area contributed by atoms with Gasteiger partial charge in [0.15, 0.2) is 0 Å². The SMILES string of the molecule is Cc1cccc(F)c1C(=O)N1CCC[C@H](C(=O)Nc2ccc(C3CC3)cc2)[C@@H]1C1C=CC(NC2CCCC2)=CC1. The summed E-state index contributed by atoms with van der Waals surface area (Å²) in [5.74, 6) is -0.654. The molecule has 1 aliphatic heterocycles. The van der Waals surface area contributed by atoms with Crippen molar-refractivity contribution in [2.24, 2.45) is 11.8 Å². The average Bonchev–Trinajstić information content (AvgIpc) is 3.69. The Balaban J connectivity index is 1.25. The van der Waals surface area contributed by atoms with Gasteiger partial charge in [0.1, 0.15) is 5.82 Å². The van der Waals surface area contributed by atoms with E-state index in [1.165, 1.54) is 50.2 Å². The number of nitrogens with one attached hydrogen (secondary N) is 2. The topological polar surface area (TPSA) is 61.4 Å². The number of allylic oxidation sites excluding steroid dienone is 2. The van der Waals surface area contributed by atoms with E-state index in [1.54, 1.807) is 24.0 Å². The number of piperidine rings is 1. The smallest absolute Gasteiger partial charge is 0.257 e. The summed E-state index contributed by atoms with van der Waals surface area (Å²) in [6.07, 6.45) is 16.0. The van der Waals surface area contributed by atoms with Crippen molar-refractivity contribution >= 4 is 17.5 Å². The van der Waals surface area contributed by atoms with Gasteiger partial charge < -0.3 is 15.5 Å². The molecular formula is C34H40FN3O2. The average molecular weight is 542 g/mol. The molecule has 2 N–H and O–H groups in total. The maximum absolute atomic E-state index is 14.9. The van der Waals surface area contributed by atoms with Gasteiger partial charge in [0.05, 0.1) is 17.5 Å². The first-order valence-electron chi connectivity index (χ1n) is 15.1. The Morgan fingerprint density at radius 3 is 2.40 bits per heavy atom. The second-order valence-electron chi connectivity index (χ2n) is 12.1. The third-order valence-electron chi connectivity index (χ3n) is 9.24. The second-order valence-corrected chi connectivity index (χ2v) is 12.1. The van der Waals surface area contributed by atoms with E-state index in [0.29, 0.717) is 36.9 Å². The third kappa shape index (κ3) is 5.72. The van der Waals surface area contributed by atoms with E-state index in [1.807, 2.05) is 12.1 Å². The molecule has 3 fully saturated rings. The summed E-state index contributed by atoms with van der Waals surface area (Å²) in [7, 11) is 0. The zero-order chi connectivity index (χ0) is 27.6. The number of likely N-dealkylation sites (tertiary alicyclic amines) is 1. The summed E-state index contributed by atoms with van der Waals surface area (Å²) < 4.78 is 14.9. The standard InChI is InChI=1S/C34H40FN3O2/c1-22-6-4-10-30(35)31(22)34(40)38-21-5-9-29(33(39)37-28-17-13-24(14-18-28)23-11-12-23)32(38)25-15-19-27(20-16-25)36-26-7-2-3-8-26/h4,6,10,13-15,17-20,23,25-26,29,32,36H,2-3,5,7-9,11-12,16,21H2,1H3,(H,37,39)/t25?,29-,32-/m0/s1. The van der Waals surface area contributed by atoms with Crippen molar-refractivity contribution in [1.82, 2.24) is 10.2 Å². The van der Waals surface area contributed by atoms with Crippen LogP contribution in [0.2, 0.25) is 0 Å². The monoisotopic (exact) mass is 541 g/mol. The molecule has 1 unspecified atom stereocenters. The van der Waals surface area contributed by atoms with Gasteiger partial charge in [-0.1, -0.05) is 49.3 Å². The van der Waals surface area contributed by atoms with Crippen LogP contribution in [0.3, 0.4) is 0 Å². The maximum Gasteiger partial charge on any atom is 0.257 e. The van der Waals surface area contributed by atoms with Crippen LogP contribution in [0.4, 0.5) is 10.1 Å². The number of amides is 2. The molecule has 4 aliphatic rings. The third-order valence-corrected chi connectivity index (χ3v) is 9.24. The number of carbonyl (C=O) groups is 2. The molecular weight excluding hydrogens is 501 g/mol. The minimum Gasteiger partial charge on any atom is -0.383 e. The molecule has 5 nitrogen and oxygen atoms in total. The van der Waals surface area contributed by atoms with Gasteiger partial charge in [-0.2, -0.15) is 0 Å². The van der Waals surface area contributed by atoms with Crippen molar-refractivity contribution in [1.29, 1.82) is 0 Å². The van der Waals surface area contributed by atoms with E-state index in [2.05, 4.69) is 41.0 Å². The lowest BCUT2D eigenvalue weighted by Crippen LogP contribution is -2.55. The molecule has 40 heavy (non-hydrogen) atoms. The van der Waals surface area contributed by atoms with Crippen molar-refractivity contribution in [2.75, 3.05) is 11.9 Å². The Labute approximate surface area is 236 Å². The molecule has 2 aromatic carbocycles. The number of aryl methyl sites for hydroxylation is 1. The fraction of sp³-hybridized carbons (Fsp3) is 0.471. The van der Waals surface area contributed by atoms with Crippen LogP contribution in [0.1, 0.15) is 85.2 Å². The molecule has 3 atom stereocenters. The van der Waals surface area contributed by atoms with E-state index < -0.39 is 5.82 Å². The zero-order valence-electron chi connectivity index (χ0n) is 23.4. The fourth-order valence-electron chi connectivity index (χ4n) is 6.91. The predicted octanol–water partition coefficient (Wildman–Crippen LogP) is 6.86. The number of hydrogen-bond acceptors (Lipinski definition) is 3.